The van der Waals surface area contributed by atoms with Gasteiger partial charge in [-0.2, -0.15) is 0 Å². The second kappa shape index (κ2) is 6.09. The summed E-state index contributed by atoms with van der Waals surface area (Å²) in [5.41, 5.74) is 0.982. The van der Waals surface area contributed by atoms with Crippen molar-refractivity contribution in [3.8, 4) is 0 Å². The van der Waals surface area contributed by atoms with Crippen LogP contribution >= 0.6 is 8.81 Å². The smallest absolute Gasteiger partial charge is 0.335 e. The van der Waals surface area contributed by atoms with Gasteiger partial charge < -0.3 is 9.63 Å². The molecule has 0 saturated carbocycles. The topological polar surface area (TPSA) is 46.5 Å². The van der Waals surface area contributed by atoms with Gasteiger partial charge >= 0.3 is 5.97 Å². The maximum absolute atomic E-state index is 13.9. The predicted octanol–water partition coefficient (Wildman–Crippen LogP) is 3.81. The standard InChI is InChI=1S/C14H14FO3P/c1-2-18-19-8-9-5-11-7-10(14(16)17)3-4-12(11)13(15)6-9/h3-7,19H,2,8H2,1H3,(H,16,17). The minimum absolute atomic E-state index is 0.163. The first-order valence-electron chi connectivity index (χ1n) is 5.92. The van der Waals surface area contributed by atoms with Crippen LogP contribution in [-0.4, -0.2) is 17.7 Å². The van der Waals surface area contributed by atoms with Crippen molar-refractivity contribution < 1.29 is 18.8 Å². The highest BCUT2D eigenvalue weighted by Gasteiger charge is 2.08. The summed E-state index contributed by atoms with van der Waals surface area (Å²) in [5.74, 6) is -1.34. The van der Waals surface area contributed by atoms with E-state index in [1.54, 1.807) is 0 Å². The Hall–Kier alpha value is -1.51. The fraction of sp³-hybridized carbons (Fsp3) is 0.214. The summed E-state index contributed by atoms with van der Waals surface area (Å²) in [6.45, 7) is 2.55. The summed E-state index contributed by atoms with van der Waals surface area (Å²) < 4.78 is 19.2. The Kier molecular flexibility index (Phi) is 4.46. The van der Waals surface area contributed by atoms with E-state index in [1.165, 1.54) is 24.3 Å². The molecule has 0 saturated heterocycles. The summed E-state index contributed by atoms with van der Waals surface area (Å²) in [5, 5.41) is 9.99. The molecule has 5 heteroatoms. The minimum Gasteiger partial charge on any atom is -0.478 e. The number of hydrogen-bond donors (Lipinski definition) is 1. The molecule has 2 aromatic carbocycles. The number of rotatable bonds is 5. The molecule has 0 fully saturated rings. The molecule has 1 unspecified atom stereocenters. The van der Waals surface area contributed by atoms with Gasteiger partial charge in [0.25, 0.3) is 0 Å². The summed E-state index contributed by atoms with van der Waals surface area (Å²) in [6, 6.07) is 7.71. The zero-order valence-electron chi connectivity index (χ0n) is 10.4. The van der Waals surface area contributed by atoms with Crippen LogP contribution in [0.15, 0.2) is 30.3 Å². The number of aromatic carboxylic acids is 1. The number of hydrogen-bond acceptors (Lipinski definition) is 2. The van der Waals surface area contributed by atoms with Crippen LogP contribution in [0, 0.1) is 5.82 Å². The third-order valence-electron chi connectivity index (χ3n) is 2.73. The number of fused-ring (bicyclic) bond motifs is 1. The second-order valence-corrected chi connectivity index (χ2v) is 5.00. The van der Waals surface area contributed by atoms with E-state index < -0.39 is 5.97 Å². The first-order chi connectivity index (χ1) is 9.11. The van der Waals surface area contributed by atoms with E-state index in [2.05, 4.69) is 0 Å². The maximum atomic E-state index is 13.9. The molecule has 3 nitrogen and oxygen atoms in total. The highest BCUT2D eigenvalue weighted by molar-refractivity contribution is 7.31. The Bertz CT molecular complexity index is 613. The monoisotopic (exact) mass is 280 g/mol. The van der Waals surface area contributed by atoms with E-state index >= 15 is 0 Å². The average Bonchev–Trinajstić information content (AvgIpc) is 2.38. The lowest BCUT2D eigenvalue weighted by Crippen LogP contribution is -1.96. The van der Waals surface area contributed by atoms with Gasteiger partial charge in [0.15, 0.2) is 0 Å². The van der Waals surface area contributed by atoms with Gasteiger partial charge in [-0.05, 0) is 36.1 Å². The molecular weight excluding hydrogens is 266 g/mol. The number of carboxylic acids is 1. The average molecular weight is 280 g/mol. The molecular formula is C14H14FO3P. The van der Waals surface area contributed by atoms with Crippen LogP contribution < -0.4 is 0 Å². The highest BCUT2D eigenvalue weighted by Crippen LogP contribution is 2.26. The highest BCUT2D eigenvalue weighted by atomic mass is 31.1. The fourth-order valence-electron chi connectivity index (χ4n) is 1.85. The molecule has 1 atom stereocenters. The van der Waals surface area contributed by atoms with Crippen LogP contribution in [0.5, 0.6) is 0 Å². The first-order valence-corrected chi connectivity index (χ1v) is 7.03. The Morgan fingerprint density at radius 2 is 2.16 bits per heavy atom. The van der Waals surface area contributed by atoms with Crippen molar-refractivity contribution in [1.29, 1.82) is 0 Å². The van der Waals surface area contributed by atoms with Crippen LogP contribution in [0.25, 0.3) is 10.8 Å². The molecule has 100 valence electrons. The summed E-state index contributed by atoms with van der Waals surface area (Å²) >= 11 is 0. The molecule has 19 heavy (non-hydrogen) atoms. The molecule has 0 aromatic heterocycles. The van der Waals surface area contributed by atoms with Crippen LogP contribution in [0.4, 0.5) is 4.39 Å². The molecule has 0 spiro atoms. The van der Waals surface area contributed by atoms with Crippen LogP contribution in [0.3, 0.4) is 0 Å². The van der Waals surface area contributed by atoms with Crippen LogP contribution in [-0.2, 0) is 10.7 Å². The van der Waals surface area contributed by atoms with Crippen molar-refractivity contribution in [1.82, 2.24) is 0 Å². The fourth-order valence-corrected chi connectivity index (χ4v) is 2.53. The van der Waals surface area contributed by atoms with Gasteiger partial charge in [0.2, 0.25) is 0 Å². The Morgan fingerprint density at radius 1 is 1.37 bits per heavy atom. The second-order valence-electron chi connectivity index (χ2n) is 4.07. The van der Waals surface area contributed by atoms with Crippen LogP contribution in [0.1, 0.15) is 22.8 Å². The lowest BCUT2D eigenvalue weighted by Gasteiger charge is -2.06. The van der Waals surface area contributed by atoms with Gasteiger partial charge in [-0.3, -0.25) is 0 Å². The van der Waals surface area contributed by atoms with Gasteiger partial charge in [-0.25, -0.2) is 9.18 Å². The molecule has 2 rings (SSSR count). The van der Waals surface area contributed by atoms with Gasteiger partial charge in [0.05, 0.1) is 5.56 Å². The summed E-state index contributed by atoms with van der Waals surface area (Å²) in [4.78, 5) is 10.9. The lowest BCUT2D eigenvalue weighted by molar-refractivity contribution is 0.0697. The van der Waals surface area contributed by atoms with E-state index in [9.17, 15) is 9.18 Å². The van der Waals surface area contributed by atoms with Gasteiger partial charge in [0.1, 0.15) is 5.82 Å². The van der Waals surface area contributed by atoms with Crippen molar-refractivity contribution in [3.63, 3.8) is 0 Å². The number of carbonyl (C=O) groups is 1. The third kappa shape index (κ3) is 3.28. The molecule has 0 aliphatic rings. The molecule has 0 amide bonds. The third-order valence-corrected chi connectivity index (χ3v) is 3.78. The molecule has 0 aliphatic heterocycles. The van der Waals surface area contributed by atoms with Crippen molar-refractivity contribution in [2.24, 2.45) is 0 Å². The molecule has 0 heterocycles. The first kappa shape index (κ1) is 13.9. The van der Waals surface area contributed by atoms with Gasteiger partial charge in [-0.15, -0.1) is 0 Å². The van der Waals surface area contributed by atoms with Crippen molar-refractivity contribution in [3.05, 3.63) is 47.3 Å². The van der Waals surface area contributed by atoms with Gasteiger partial charge in [0, 0.05) is 27.0 Å². The number of carboxylic acid groups (broad SMARTS) is 1. The maximum Gasteiger partial charge on any atom is 0.335 e. The quantitative estimate of drug-likeness (QED) is 0.669. The zero-order chi connectivity index (χ0) is 13.8. The van der Waals surface area contributed by atoms with E-state index in [1.807, 2.05) is 13.0 Å². The lowest BCUT2D eigenvalue weighted by atomic mass is 10.0. The Balaban J connectivity index is 2.38. The summed E-state index contributed by atoms with van der Waals surface area (Å²) in [6.07, 6.45) is 0.637. The molecule has 0 aliphatic carbocycles. The molecule has 0 radical (unpaired) electrons. The number of benzene rings is 2. The SMILES string of the molecule is CCOPCc1cc(F)c2ccc(C(=O)O)cc2c1. The van der Waals surface area contributed by atoms with Crippen molar-refractivity contribution in [2.75, 3.05) is 6.61 Å². The zero-order valence-corrected chi connectivity index (χ0v) is 11.4. The summed E-state index contributed by atoms with van der Waals surface area (Å²) in [7, 11) is 0.287. The van der Waals surface area contributed by atoms with E-state index in [0.717, 1.165) is 5.56 Å². The molecule has 1 N–H and O–H groups in total. The van der Waals surface area contributed by atoms with Crippen LogP contribution in [0.2, 0.25) is 0 Å². The Morgan fingerprint density at radius 3 is 2.84 bits per heavy atom. The molecule has 0 bridgehead atoms. The van der Waals surface area contributed by atoms with Crippen molar-refractivity contribution in [2.45, 2.75) is 13.1 Å². The normalized spacial score (nSPS) is 11.5. The van der Waals surface area contributed by atoms with E-state index in [0.29, 0.717) is 23.5 Å². The molecule has 2 aromatic rings. The van der Waals surface area contributed by atoms with Crippen molar-refractivity contribution >= 4 is 25.5 Å². The minimum atomic E-state index is -1.01. The Labute approximate surface area is 112 Å². The van der Waals surface area contributed by atoms with Gasteiger partial charge in [-0.1, -0.05) is 12.1 Å². The predicted molar refractivity (Wildman–Crippen MR) is 74.5 cm³/mol. The number of halogens is 1. The van der Waals surface area contributed by atoms with E-state index in [4.69, 9.17) is 9.63 Å². The van der Waals surface area contributed by atoms with E-state index in [-0.39, 0.29) is 20.2 Å². The largest absolute Gasteiger partial charge is 0.478 e.